The average Bonchev–Trinajstić information content (AvgIpc) is 3.38. The molecule has 0 aliphatic carbocycles. The average molecular weight is 567 g/mol. The molecule has 0 saturated heterocycles. The minimum Gasteiger partial charge on any atom is -0.494 e. The second-order valence-corrected chi connectivity index (χ2v) is 11.9. The number of ether oxygens (including phenoxy) is 1. The summed E-state index contributed by atoms with van der Waals surface area (Å²) in [4.78, 5) is 22.6. The van der Waals surface area contributed by atoms with Gasteiger partial charge >= 0.3 is 0 Å². The standard InChI is InChI=1S/C29H34N4O4S2/c1-5-32(6-2)19-20-33(29-30-26-18-15-24(37-7-3)21-27(26)38-29)28(34)22-13-16-25(17-14-22)39(35,36)31(4)23-11-9-8-10-12-23/h8-18,21H,5-7,19-20H2,1-4H3. The first-order chi connectivity index (χ1) is 18.8. The minimum absolute atomic E-state index is 0.114. The zero-order valence-electron chi connectivity index (χ0n) is 22.7. The Balaban J connectivity index is 1.63. The lowest BCUT2D eigenvalue weighted by Crippen LogP contribution is -2.38. The van der Waals surface area contributed by atoms with Crippen molar-refractivity contribution in [1.29, 1.82) is 0 Å². The molecule has 0 atom stereocenters. The van der Waals surface area contributed by atoms with Gasteiger partial charge in [-0.05, 0) is 74.6 Å². The molecular weight excluding hydrogens is 532 g/mol. The van der Waals surface area contributed by atoms with Crippen LogP contribution < -0.4 is 13.9 Å². The third kappa shape index (κ3) is 6.41. The summed E-state index contributed by atoms with van der Waals surface area (Å²) in [6.07, 6.45) is 0. The molecule has 0 N–H and O–H groups in total. The molecule has 0 bridgehead atoms. The number of thiazole rings is 1. The Morgan fingerprint density at radius 2 is 1.62 bits per heavy atom. The fourth-order valence-corrected chi connectivity index (χ4v) is 6.40. The van der Waals surface area contributed by atoms with Gasteiger partial charge in [-0.2, -0.15) is 0 Å². The number of hydrogen-bond acceptors (Lipinski definition) is 7. The number of hydrogen-bond donors (Lipinski definition) is 0. The molecule has 4 rings (SSSR count). The van der Waals surface area contributed by atoms with Gasteiger partial charge in [-0.1, -0.05) is 43.4 Å². The van der Waals surface area contributed by atoms with E-state index in [0.717, 1.165) is 29.1 Å². The molecular formula is C29H34N4O4S2. The van der Waals surface area contributed by atoms with E-state index < -0.39 is 10.0 Å². The predicted molar refractivity (Wildman–Crippen MR) is 159 cm³/mol. The topological polar surface area (TPSA) is 83.0 Å². The van der Waals surface area contributed by atoms with Crippen molar-refractivity contribution in [1.82, 2.24) is 9.88 Å². The molecule has 39 heavy (non-hydrogen) atoms. The van der Waals surface area contributed by atoms with E-state index in [1.54, 1.807) is 41.3 Å². The van der Waals surface area contributed by atoms with Crippen LogP contribution in [0.4, 0.5) is 10.8 Å². The second-order valence-electron chi connectivity index (χ2n) is 8.88. The van der Waals surface area contributed by atoms with Gasteiger partial charge in [0.25, 0.3) is 15.9 Å². The van der Waals surface area contributed by atoms with Crippen molar-refractivity contribution >= 4 is 48.3 Å². The third-order valence-electron chi connectivity index (χ3n) is 6.55. The summed E-state index contributed by atoms with van der Waals surface area (Å²) in [6.45, 7) is 9.57. The summed E-state index contributed by atoms with van der Waals surface area (Å²) < 4.78 is 34.2. The van der Waals surface area contributed by atoms with Gasteiger partial charge in [-0.15, -0.1) is 0 Å². The van der Waals surface area contributed by atoms with E-state index in [0.29, 0.717) is 36.1 Å². The van der Waals surface area contributed by atoms with Crippen molar-refractivity contribution in [2.24, 2.45) is 0 Å². The van der Waals surface area contributed by atoms with Crippen LogP contribution in [0.25, 0.3) is 10.2 Å². The van der Waals surface area contributed by atoms with Crippen LogP contribution in [0.3, 0.4) is 0 Å². The van der Waals surface area contributed by atoms with Gasteiger partial charge in [0.05, 0.1) is 27.4 Å². The number of likely N-dealkylation sites (N-methyl/N-ethyl adjacent to an activating group) is 1. The van der Waals surface area contributed by atoms with Crippen molar-refractivity contribution in [2.75, 3.05) is 49.0 Å². The Hall–Kier alpha value is -3.47. The monoisotopic (exact) mass is 566 g/mol. The molecule has 1 heterocycles. The fraction of sp³-hybridized carbons (Fsp3) is 0.310. The Labute approximate surface area is 234 Å². The van der Waals surface area contributed by atoms with Crippen LogP contribution in [-0.2, 0) is 10.0 Å². The van der Waals surface area contributed by atoms with Crippen molar-refractivity contribution in [3.63, 3.8) is 0 Å². The maximum Gasteiger partial charge on any atom is 0.264 e. The SMILES string of the molecule is CCOc1ccc2nc(N(CCN(CC)CC)C(=O)c3ccc(S(=O)(=O)N(C)c4ccccc4)cc3)sc2c1. The first-order valence-electron chi connectivity index (χ1n) is 13.0. The van der Waals surface area contributed by atoms with E-state index in [-0.39, 0.29) is 10.8 Å². The lowest BCUT2D eigenvalue weighted by Gasteiger charge is -2.25. The molecule has 0 radical (unpaired) electrons. The van der Waals surface area contributed by atoms with Crippen molar-refractivity contribution < 1.29 is 17.9 Å². The van der Waals surface area contributed by atoms with E-state index in [2.05, 4.69) is 18.7 Å². The molecule has 3 aromatic carbocycles. The third-order valence-corrected chi connectivity index (χ3v) is 9.39. The van der Waals surface area contributed by atoms with E-state index in [4.69, 9.17) is 9.72 Å². The first-order valence-corrected chi connectivity index (χ1v) is 15.3. The summed E-state index contributed by atoms with van der Waals surface area (Å²) in [5.74, 6) is 0.532. The maximum atomic E-state index is 13.8. The molecule has 0 fully saturated rings. The van der Waals surface area contributed by atoms with Gasteiger partial charge < -0.3 is 9.64 Å². The molecule has 0 aliphatic rings. The fourth-order valence-electron chi connectivity index (χ4n) is 4.19. The number of benzene rings is 3. The van der Waals surface area contributed by atoms with Gasteiger partial charge in [0.1, 0.15) is 5.75 Å². The summed E-state index contributed by atoms with van der Waals surface area (Å²) >= 11 is 1.44. The number of anilines is 2. The zero-order chi connectivity index (χ0) is 28.0. The highest BCUT2D eigenvalue weighted by molar-refractivity contribution is 7.92. The van der Waals surface area contributed by atoms with Crippen LogP contribution in [0.2, 0.25) is 0 Å². The number of fused-ring (bicyclic) bond motifs is 1. The molecule has 1 amide bonds. The van der Waals surface area contributed by atoms with Crippen LogP contribution >= 0.6 is 11.3 Å². The molecule has 1 aromatic heterocycles. The van der Waals surface area contributed by atoms with E-state index in [9.17, 15) is 13.2 Å². The zero-order valence-corrected chi connectivity index (χ0v) is 24.3. The second kappa shape index (κ2) is 12.6. The molecule has 4 aromatic rings. The van der Waals surface area contributed by atoms with Crippen molar-refractivity contribution in [2.45, 2.75) is 25.7 Å². The Kier molecular flexibility index (Phi) is 9.21. The Morgan fingerprint density at radius 3 is 2.26 bits per heavy atom. The minimum atomic E-state index is -3.78. The highest BCUT2D eigenvalue weighted by atomic mass is 32.2. The normalized spacial score (nSPS) is 11.6. The van der Waals surface area contributed by atoms with E-state index >= 15 is 0 Å². The molecule has 0 aliphatic heterocycles. The number of sulfonamides is 1. The Morgan fingerprint density at radius 1 is 0.923 bits per heavy atom. The largest absolute Gasteiger partial charge is 0.494 e. The first kappa shape index (κ1) is 28.5. The van der Waals surface area contributed by atoms with Crippen LogP contribution in [-0.4, -0.2) is 64.0 Å². The highest BCUT2D eigenvalue weighted by Gasteiger charge is 2.25. The number of rotatable bonds is 12. The summed E-state index contributed by atoms with van der Waals surface area (Å²) in [6, 6.07) is 20.7. The smallest absolute Gasteiger partial charge is 0.264 e. The maximum absolute atomic E-state index is 13.8. The molecule has 0 spiro atoms. The number of para-hydroxylation sites is 1. The lowest BCUT2D eigenvalue weighted by molar-refractivity contribution is 0.0983. The number of nitrogens with zero attached hydrogens (tertiary/aromatic N) is 4. The predicted octanol–water partition coefficient (Wildman–Crippen LogP) is 5.51. The lowest BCUT2D eigenvalue weighted by atomic mass is 10.2. The van der Waals surface area contributed by atoms with E-state index in [1.807, 2.05) is 31.2 Å². The highest BCUT2D eigenvalue weighted by Crippen LogP contribution is 2.32. The van der Waals surface area contributed by atoms with Crippen LogP contribution in [0.15, 0.2) is 77.7 Å². The Bertz CT molecular complexity index is 1500. The van der Waals surface area contributed by atoms with Crippen LogP contribution in [0, 0.1) is 0 Å². The van der Waals surface area contributed by atoms with Gasteiger partial charge in [0, 0.05) is 25.7 Å². The van der Waals surface area contributed by atoms with Gasteiger partial charge in [-0.3, -0.25) is 14.0 Å². The number of carbonyl (C=O) groups excluding carboxylic acids is 1. The molecule has 10 heteroatoms. The summed E-state index contributed by atoms with van der Waals surface area (Å²) in [5, 5.41) is 0.594. The molecule has 206 valence electrons. The van der Waals surface area contributed by atoms with Crippen LogP contribution in [0.1, 0.15) is 31.1 Å². The van der Waals surface area contributed by atoms with Gasteiger partial charge in [0.2, 0.25) is 0 Å². The van der Waals surface area contributed by atoms with Gasteiger partial charge in [0.15, 0.2) is 5.13 Å². The van der Waals surface area contributed by atoms with E-state index in [1.165, 1.54) is 34.8 Å². The summed E-state index contributed by atoms with van der Waals surface area (Å²) in [7, 11) is -2.27. The quantitative estimate of drug-likeness (QED) is 0.225. The summed E-state index contributed by atoms with van der Waals surface area (Å²) in [5.41, 5.74) is 1.75. The van der Waals surface area contributed by atoms with Crippen molar-refractivity contribution in [3.8, 4) is 5.75 Å². The number of aromatic nitrogens is 1. The molecule has 8 nitrogen and oxygen atoms in total. The number of amides is 1. The molecule has 0 unspecified atom stereocenters. The van der Waals surface area contributed by atoms with Crippen LogP contribution in [0.5, 0.6) is 5.75 Å². The van der Waals surface area contributed by atoms with Gasteiger partial charge in [-0.25, -0.2) is 13.4 Å². The van der Waals surface area contributed by atoms with Crippen molar-refractivity contribution in [3.05, 3.63) is 78.4 Å². The molecule has 0 saturated carbocycles. The number of carbonyl (C=O) groups is 1.